The zero-order chi connectivity index (χ0) is 22.1. The molecule has 0 aliphatic carbocycles. The van der Waals surface area contributed by atoms with E-state index in [2.05, 4.69) is 28.4 Å². The van der Waals surface area contributed by atoms with Crippen LogP contribution in [0.1, 0.15) is 37.6 Å². The van der Waals surface area contributed by atoms with Crippen molar-refractivity contribution in [3.63, 3.8) is 0 Å². The number of rotatable bonds is 6. The Morgan fingerprint density at radius 3 is 2.75 bits per heavy atom. The van der Waals surface area contributed by atoms with Crippen molar-refractivity contribution in [2.45, 2.75) is 39.2 Å². The number of benzene rings is 1. The highest BCUT2D eigenvalue weighted by atomic mass is 32.1. The van der Waals surface area contributed by atoms with Crippen LogP contribution in [-0.2, 0) is 17.8 Å². The molecule has 164 valence electrons. The van der Waals surface area contributed by atoms with Crippen LogP contribution in [-0.4, -0.2) is 43.1 Å². The summed E-state index contributed by atoms with van der Waals surface area (Å²) in [5.41, 5.74) is 3.33. The summed E-state index contributed by atoms with van der Waals surface area (Å²) in [5, 5.41) is 10.6. The van der Waals surface area contributed by atoms with Crippen LogP contribution in [0.25, 0.3) is 21.6 Å². The topological polar surface area (TPSA) is 72.5 Å². The zero-order valence-electron chi connectivity index (χ0n) is 18.0. The smallest absolute Gasteiger partial charge is 0.272 e. The predicted octanol–water partition coefficient (Wildman–Crippen LogP) is 3.76. The first-order valence-corrected chi connectivity index (χ1v) is 11.9. The first-order valence-electron chi connectivity index (χ1n) is 11.0. The maximum Gasteiger partial charge on any atom is 0.272 e. The molecule has 4 heterocycles. The fourth-order valence-corrected chi connectivity index (χ4v) is 5.18. The number of hydrogen-bond acceptors (Lipinski definition) is 5. The van der Waals surface area contributed by atoms with Gasteiger partial charge in [-0.1, -0.05) is 43.3 Å². The molecule has 0 atom stereocenters. The van der Waals surface area contributed by atoms with E-state index in [9.17, 15) is 9.59 Å². The summed E-state index contributed by atoms with van der Waals surface area (Å²) in [6.07, 6.45) is 4.71. The Hall–Kier alpha value is -3.26. The monoisotopic (exact) mass is 447 g/mol. The van der Waals surface area contributed by atoms with Gasteiger partial charge in [-0.2, -0.15) is 0 Å². The largest absolute Gasteiger partial charge is 0.339 e. The Morgan fingerprint density at radius 1 is 1.16 bits per heavy atom. The molecule has 8 heteroatoms. The van der Waals surface area contributed by atoms with Gasteiger partial charge in [0, 0.05) is 32.5 Å². The molecule has 3 aromatic heterocycles. The second kappa shape index (κ2) is 8.70. The number of fused-ring (bicyclic) bond motifs is 3. The fraction of sp³-hybridized carbons (Fsp3) is 0.333. The van der Waals surface area contributed by atoms with Crippen LogP contribution in [0.5, 0.6) is 0 Å². The molecule has 0 bridgehead atoms. The highest BCUT2D eigenvalue weighted by molar-refractivity contribution is 7.17. The van der Waals surface area contributed by atoms with Gasteiger partial charge >= 0.3 is 0 Å². The molecule has 1 amide bonds. The maximum absolute atomic E-state index is 12.9. The van der Waals surface area contributed by atoms with Gasteiger partial charge in [-0.3, -0.25) is 18.6 Å². The van der Waals surface area contributed by atoms with E-state index in [1.165, 1.54) is 22.5 Å². The maximum atomic E-state index is 12.9. The molecule has 5 rings (SSSR count). The molecule has 0 saturated heterocycles. The van der Waals surface area contributed by atoms with Crippen LogP contribution in [0, 0.1) is 0 Å². The lowest BCUT2D eigenvalue weighted by Gasteiger charge is -2.26. The van der Waals surface area contributed by atoms with Crippen LogP contribution in [0.4, 0.5) is 0 Å². The molecule has 0 radical (unpaired) electrons. The second-order valence-electron chi connectivity index (χ2n) is 8.03. The molecule has 1 aliphatic heterocycles. The second-order valence-corrected chi connectivity index (χ2v) is 8.94. The average molecular weight is 448 g/mol. The minimum atomic E-state index is -0.0197. The number of amides is 1. The van der Waals surface area contributed by atoms with Gasteiger partial charge in [0.1, 0.15) is 10.5 Å². The van der Waals surface area contributed by atoms with E-state index in [0.29, 0.717) is 36.4 Å². The van der Waals surface area contributed by atoms with Crippen molar-refractivity contribution in [1.82, 2.24) is 24.1 Å². The van der Waals surface area contributed by atoms with Gasteiger partial charge in [0.25, 0.3) is 5.56 Å². The number of thiophene rings is 1. The Labute approximate surface area is 189 Å². The van der Waals surface area contributed by atoms with Crippen molar-refractivity contribution in [2.75, 3.05) is 13.1 Å². The number of nitrogens with zero attached hydrogens (tertiary/aromatic N) is 5. The lowest BCUT2D eigenvalue weighted by Crippen LogP contribution is -2.34. The van der Waals surface area contributed by atoms with Crippen molar-refractivity contribution in [1.29, 1.82) is 0 Å². The third-order valence-corrected chi connectivity index (χ3v) is 6.89. The van der Waals surface area contributed by atoms with E-state index < -0.39 is 0 Å². The number of carbonyl (C=O) groups excluding carboxylic acids is 1. The molecule has 0 fully saturated rings. The van der Waals surface area contributed by atoms with Crippen molar-refractivity contribution in [3.8, 4) is 0 Å². The SMILES string of the molecule is CCCn1c(=O)c2sccc2n2c(CCC(=O)N3CC=C(c4ccccc4)CC3)nnc12. The molecule has 0 N–H and O–H groups in total. The number of aromatic nitrogens is 4. The van der Waals surface area contributed by atoms with Crippen LogP contribution in [0.2, 0.25) is 0 Å². The Morgan fingerprint density at radius 2 is 2.00 bits per heavy atom. The molecule has 0 unspecified atom stereocenters. The summed E-state index contributed by atoms with van der Waals surface area (Å²) in [7, 11) is 0. The molecule has 7 nitrogen and oxygen atoms in total. The molecule has 1 aromatic carbocycles. The Balaban J connectivity index is 1.34. The molecule has 0 spiro atoms. The van der Waals surface area contributed by atoms with E-state index >= 15 is 0 Å². The zero-order valence-corrected chi connectivity index (χ0v) is 18.8. The van der Waals surface area contributed by atoms with Gasteiger partial charge in [-0.15, -0.1) is 21.5 Å². The molecule has 4 aromatic rings. The molecular weight excluding hydrogens is 422 g/mol. The van der Waals surface area contributed by atoms with Gasteiger partial charge in [0.05, 0.1) is 5.52 Å². The third-order valence-electron chi connectivity index (χ3n) is 6.00. The normalized spacial score (nSPS) is 14.3. The van der Waals surface area contributed by atoms with Gasteiger partial charge in [-0.05, 0) is 35.4 Å². The van der Waals surface area contributed by atoms with Crippen LogP contribution in [0.3, 0.4) is 0 Å². The molecule has 1 aliphatic rings. The van der Waals surface area contributed by atoms with E-state index in [1.54, 1.807) is 4.57 Å². The van der Waals surface area contributed by atoms with Crippen molar-refractivity contribution in [3.05, 3.63) is 69.6 Å². The summed E-state index contributed by atoms with van der Waals surface area (Å²) in [6.45, 7) is 3.99. The summed E-state index contributed by atoms with van der Waals surface area (Å²) in [4.78, 5) is 27.6. The first-order chi connectivity index (χ1) is 15.7. The van der Waals surface area contributed by atoms with Crippen molar-refractivity contribution < 1.29 is 4.79 Å². The third kappa shape index (κ3) is 3.64. The molecular formula is C24H25N5O2S. The van der Waals surface area contributed by atoms with Gasteiger partial charge < -0.3 is 4.90 Å². The molecule has 32 heavy (non-hydrogen) atoms. The summed E-state index contributed by atoms with van der Waals surface area (Å²) >= 11 is 1.43. The quantitative estimate of drug-likeness (QED) is 0.451. The predicted molar refractivity (Wildman–Crippen MR) is 127 cm³/mol. The average Bonchev–Trinajstić information content (AvgIpc) is 3.48. The van der Waals surface area contributed by atoms with Gasteiger partial charge in [-0.25, -0.2) is 0 Å². The van der Waals surface area contributed by atoms with E-state index in [0.717, 1.165) is 30.7 Å². The summed E-state index contributed by atoms with van der Waals surface area (Å²) < 4.78 is 4.34. The standard InChI is InChI=1S/C24H25N5O2S/c1-2-13-28-23(31)22-19(12-16-32-22)29-20(25-26-24(28)29)8-9-21(30)27-14-10-18(11-15-27)17-6-4-3-5-7-17/h3-7,10,12,16H,2,8-9,11,13-15H2,1H3. The molecule has 0 saturated carbocycles. The van der Waals surface area contributed by atoms with Gasteiger partial charge in [0.15, 0.2) is 0 Å². The summed E-state index contributed by atoms with van der Waals surface area (Å²) in [5.74, 6) is 1.39. The number of hydrogen-bond donors (Lipinski definition) is 0. The minimum absolute atomic E-state index is 0.0197. The Bertz CT molecular complexity index is 1370. The first kappa shape index (κ1) is 20.6. The number of carbonyl (C=O) groups is 1. The highest BCUT2D eigenvalue weighted by Gasteiger charge is 2.21. The van der Waals surface area contributed by atoms with Gasteiger partial charge in [0.2, 0.25) is 11.7 Å². The Kier molecular flexibility index (Phi) is 5.61. The van der Waals surface area contributed by atoms with Crippen LogP contribution >= 0.6 is 11.3 Å². The fourth-order valence-electron chi connectivity index (χ4n) is 4.35. The van der Waals surface area contributed by atoms with E-state index in [1.807, 2.05) is 45.9 Å². The summed E-state index contributed by atoms with van der Waals surface area (Å²) in [6, 6.07) is 12.3. The van der Waals surface area contributed by atoms with Crippen LogP contribution in [0.15, 0.2) is 52.6 Å². The lowest BCUT2D eigenvalue weighted by molar-refractivity contribution is -0.130. The number of aryl methyl sites for hydroxylation is 2. The van der Waals surface area contributed by atoms with E-state index in [4.69, 9.17) is 0 Å². The highest BCUT2D eigenvalue weighted by Crippen LogP contribution is 2.23. The van der Waals surface area contributed by atoms with Crippen molar-refractivity contribution >= 4 is 38.8 Å². The minimum Gasteiger partial charge on any atom is -0.339 e. The lowest BCUT2D eigenvalue weighted by atomic mass is 9.99. The van der Waals surface area contributed by atoms with Crippen molar-refractivity contribution in [2.24, 2.45) is 0 Å². The van der Waals surface area contributed by atoms with E-state index in [-0.39, 0.29) is 11.5 Å². The van der Waals surface area contributed by atoms with Crippen LogP contribution < -0.4 is 5.56 Å².